The van der Waals surface area contributed by atoms with E-state index in [9.17, 15) is 9.59 Å². The molecule has 0 aromatic heterocycles. The van der Waals surface area contributed by atoms with E-state index in [1.54, 1.807) is 4.90 Å². The molecule has 2 atom stereocenters. The summed E-state index contributed by atoms with van der Waals surface area (Å²) >= 11 is 0. The van der Waals surface area contributed by atoms with Gasteiger partial charge in [0, 0.05) is 13.1 Å². The van der Waals surface area contributed by atoms with Crippen molar-refractivity contribution in [2.24, 2.45) is 5.92 Å². The van der Waals surface area contributed by atoms with Gasteiger partial charge in [0.25, 0.3) is 0 Å². The van der Waals surface area contributed by atoms with Crippen molar-refractivity contribution in [3.05, 3.63) is 0 Å². The molecule has 1 unspecified atom stereocenters. The molecule has 1 saturated heterocycles. The molecular weight excluding hydrogens is 196 g/mol. The Balaban J connectivity index is 2.42. The Kier molecular flexibility index (Phi) is 3.94. The third-order valence-corrected chi connectivity index (χ3v) is 2.65. The van der Waals surface area contributed by atoms with Crippen molar-refractivity contribution in [2.75, 3.05) is 13.1 Å². The van der Waals surface area contributed by atoms with Gasteiger partial charge in [-0.3, -0.25) is 4.79 Å². The Morgan fingerprint density at radius 2 is 2.20 bits per heavy atom. The zero-order chi connectivity index (χ0) is 11.4. The van der Waals surface area contributed by atoms with Crippen molar-refractivity contribution in [1.82, 2.24) is 10.2 Å². The molecule has 0 bridgehead atoms. The number of hydrogen-bond acceptors (Lipinski definition) is 2. The lowest BCUT2D eigenvalue weighted by Gasteiger charge is -2.31. The summed E-state index contributed by atoms with van der Waals surface area (Å²) < 4.78 is 0. The molecule has 0 saturated carbocycles. The quantitative estimate of drug-likeness (QED) is 0.717. The molecule has 2 N–H and O–H groups in total. The summed E-state index contributed by atoms with van der Waals surface area (Å²) in [7, 11) is 0. The Morgan fingerprint density at radius 1 is 1.53 bits per heavy atom. The number of rotatable bonds is 2. The molecule has 2 amide bonds. The maximum Gasteiger partial charge on any atom is 0.325 e. The van der Waals surface area contributed by atoms with Crippen LogP contribution in [0.5, 0.6) is 0 Å². The molecule has 1 rings (SSSR count). The minimum absolute atomic E-state index is 0.267. The molecule has 1 aliphatic heterocycles. The third-order valence-electron chi connectivity index (χ3n) is 2.65. The molecule has 1 heterocycles. The molecule has 5 heteroatoms. The zero-order valence-electron chi connectivity index (χ0n) is 9.19. The molecule has 1 aliphatic rings. The average Bonchev–Trinajstić information content (AvgIpc) is 2.17. The number of carboxylic acids is 1. The van der Waals surface area contributed by atoms with Crippen LogP contribution in [0.25, 0.3) is 0 Å². The Hall–Kier alpha value is -1.26. The van der Waals surface area contributed by atoms with E-state index in [-0.39, 0.29) is 6.03 Å². The third kappa shape index (κ3) is 3.42. The molecule has 0 aliphatic carbocycles. The van der Waals surface area contributed by atoms with Crippen LogP contribution in [0.15, 0.2) is 0 Å². The maximum atomic E-state index is 11.6. The first-order chi connectivity index (χ1) is 7.00. The van der Waals surface area contributed by atoms with E-state index in [2.05, 4.69) is 12.2 Å². The summed E-state index contributed by atoms with van der Waals surface area (Å²) in [6.45, 7) is 5.01. The van der Waals surface area contributed by atoms with E-state index < -0.39 is 12.0 Å². The molecule has 0 radical (unpaired) electrons. The highest BCUT2D eigenvalue weighted by atomic mass is 16.4. The van der Waals surface area contributed by atoms with E-state index >= 15 is 0 Å². The van der Waals surface area contributed by atoms with Crippen LogP contribution in [0.3, 0.4) is 0 Å². The minimum Gasteiger partial charge on any atom is -0.480 e. The number of carbonyl (C=O) groups excluding carboxylic acids is 1. The summed E-state index contributed by atoms with van der Waals surface area (Å²) in [4.78, 5) is 23.8. The lowest BCUT2D eigenvalue weighted by Crippen LogP contribution is -2.49. The highest BCUT2D eigenvalue weighted by Crippen LogP contribution is 2.15. The smallest absolute Gasteiger partial charge is 0.325 e. The minimum atomic E-state index is -1.01. The fourth-order valence-electron chi connectivity index (χ4n) is 1.71. The van der Waals surface area contributed by atoms with Crippen LogP contribution in [0.4, 0.5) is 4.79 Å². The second-order valence-corrected chi connectivity index (χ2v) is 4.20. The van der Waals surface area contributed by atoms with E-state index in [0.29, 0.717) is 5.92 Å². The lowest BCUT2D eigenvalue weighted by atomic mass is 10.0. The van der Waals surface area contributed by atoms with Crippen molar-refractivity contribution < 1.29 is 14.7 Å². The van der Waals surface area contributed by atoms with E-state index in [0.717, 1.165) is 25.9 Å². The van der Waals surface area contributed by atoms with E-state index in [1.165, 1.54) is 6.92 Å². The molecule has 0 aromatic rings. The zero-order valence-corrected chi connectivity index (χ0v) is 9.19. The number of urea groups is 1. The number of carboxylic acid groups (broad SMARTS) is 1. The van der Waals surface area contributed by atoms with Gasteiger partial charge in [0.05, 0.1) is 0 Å². The first-order valence-electron chi connectivity index (χ1n) is 5.29. The number of piperidine rings is 1. The summed E-state index contributed by atoms with van der Waals surface area (Å²) in [5.41, 5.74) is 0. The predicted molar refractivity (Wildman–Crippen MR) is 55.6 cm³/mol. The number of nitrogens with one attached hydrogen (secondary N) is 1. The number of nitrogens with zero attached hydrogens (tertiary/aromatic N) is 1. The topological polar surface area (TPSA) is 69.6 Å². The highest BCUT2D eigenvalue weighted by Gasteiger charge is 2.23. The highest BCUT2D eigenvalue weighted by molar-refractivity contribution is 5.82. The normalized spacial score (nSPS) is 23.3. The van der Waals surface area contributed by atoms with Gasteiger partial charge < -0.3 is 15.3 Å². The predicted octanol–water partition coefficient (Wildman–Crippen LogP) is 0.901. The summed E-state index contributed by atoms with van der Waals surface area (Å²) in [5.74, 6) is -0.502. The number of aliphatic carboxylic acids is 1. The van der Waals surface area contributed by atoms with Crippen LogP contribution in [0.2, 0.25) is 0 Å². The van der Waals surface area contributed by atoms with Crippen molar-refractivity contribution in [2.45, 2.75) is 32.7 Å². The van der Waals surface area contributed by atoms with Crippen molar-refractivity contribution in [3.63, 3.8) is 0 Å². The lowest BCUT2D eigenvalue weighted by molar-refractivity contribution is -0.138. The number of hydrogen-bond donors (Lipinski definition) is 2. The van der Waals surface area contributed by atoms with Gasteiger partial charge in [0.15, 0.2) is 0 Å². The van der Waals surface area contributed by atoms with Crippen LogP contribution in [0, 0.1) is 5.92 Å². The standard InChI is InChI=1S/C10H18N2O3/c1-7-4-3-5-12(6-7)10(15)11-8(2)9(13)14/h7-8H,3-6H2,1-2H3,(H,11,15)(H,13,14)/t7?,8-/m1/s1. The van der Waals surface area contributed by atoms with Gasteiger partial charge in [0.1, 0.15) is 6.04 Å². The molecule has 0 aromatic carbocycles. The fraction of sp³-hybridized carbons (Fsp3) is 0.800. The summed E-state index contributed by atoms with van der Waals surface area (Å²) in [5, 5.41) is 11.1. The van der Waals surface area contributed by atoms with Crippen LogP contribution in [-0.4, -0.2) is 41.1 Å². The van der Waals surface area contributed by atoms with Gasteiger partial charge in [-0.1, -0.05) is 6.92 Å². The van der Waals surface area contributed by atoms with Crippen LogP contribution in [-0.2, 0) is 4.79 Å². The summed E-state index contributed by atoms with van der Waals surface area (Å²) in [6.07, 6.45) is 2.13. The van der Waals surface area contributed by atoms with Crippen LogP contribution in [0.1, 0.15) is 26.7 Å². The van der Waals surface area contributed by atoms with Crippen molar-refractivity contribution in [1.29, 1.82) is 0 Å². The molecule has 86 valence electrons. The second kappa shape index (κ2) is 5.00. The largest absolute Gasteiger partial charge is 0.480 e. The van der Waals surface area contributed by atoms with Gasteiger partial charge in [-0.2, -0.15) is 0 Å². The van der Waals surface area contributed by atoms with Gasteiger partial charge in [-0.15, -0.1) is 0 Å². The Morgan fingerprint density at radius 3 is 2.73 bits per heavy atom. The molecular formula is C10H18N2O3. The molecule has 1 fully saturated rings. The summed E-state index contributed by atoms with van der Waals surface area (Å²) in [6, 6.07) is -1.09. The maximum absolute atomic E-state index is 11.6. The average molecular weight is 214 g/mol. The van der Waals surface area contributed by atoms with Gasteiger partial charge in [-0.05, 0) is 25.7 Å². The van der Waals surface area contributed by atoms with Crippen molar-refractivity contribution >= 4 is 12.0 Å². The Labute approximate surface area is 89.4 Å². The fourth-order valence-corrected chi connectivity index (χ4v) is 1.71. The first-order valence-corrected chi connectivity index (χ1v) is 5.29. The van der Waals surface area contributed by atoms with Gasteiger partial charge >= 0.3 is 12.0 Å². The van der Waals surface area contributed by atoms with Gasteiger partial charge in [0.2, 0.25) is 0 Å². The second-order valence-electron chi connectivity index (χ2n) is 4.20. The van der Waals surface area contributed by atoms with E-state index in [4.69, 9.17) is 5.11 Å². The molecule has 15 heavy (non-hydrogen) atoms. The van der Waals surface area contributed by atoms with Crippen LogP contribution >= 0.6 is 0 Å². The Bertz CT molecular complexity index is 255. The SMILES string of the molecule is CC1CCCN(C(=O)N[C@H](C)C(=O)O)C1. The number of likely N-dealkylation sites (tertiary alicyclic amines) is 1. The number of amides is 2. The van der Waals surface area contributed by atoms with Gasteiger partial charge in [-0.25, -0.2) is 4.79 Å². The molecule has 0 spiro atoms. The number of carbonyl (C=O) groups is 2. The van der Waals surface area contributed by atoms with Crippen LogP contribution < -0.4 is 5.32 Å². The first kappa shape index (κ1) is 11.8. The van der Waals surface area contributed by atoms with Crippen molar-refractivity contribution in [3.8, 4) is 0 Å². The molecule has 5 nitrogen and oxygen atoms in total. The van der Waals surface area contributed by atoms with E-state index in [1.807, 2.05) is 0 Å². The monoisotopic (exact) mass is 214 g/mol.